The second-order valence-electron chi connectivity index (χ2n) is 8.48. The van der Waals surface area contributed by atoms with Gasteiger partial charge in [0.2, 0.25) is 0 Å². The minimum atomic E-state index is 0.157. The number of rotatable bonds is 5. The minimum Gasteiger partial charge on any atom is -0.494 e. The van der Waals surface area contributed by atoms with Crippen LogP contribution in [0.15, 0.2) is 48.5 Å². The van der Waals surface area contributed by atoms with Gasteiger partial charge in [-0.15, -0.1) is 0 Å². The zero-order valence-corrected chi connectivity index (χ0v) is 16.4. The molecule has 1 nitrogen and oxygen atoms in total. The molecule has 0 saturated carbocycles. The number of hydrogen-bond acceptors (Lipinski definition) is 1. The van der Waals surface area contributed by atoms with Gasteiger partial charge < -0.3 is 4.74 Å². The Labute approximate surface area is 156 Å². The van der Waals surface area contributed by atoms with Crippen LogP contribution in [0, 0.1) is 0 Å². The molecule has 1 heteroatoms. The quantitative estimate of drug-likeness (QED) is 0.270. The number of unbranched alkanes of at least 4 members (excludes halogenated alkanes) is 2. The highest BCUT2D eigenvalue weighted by Gasteiger charge is 2.17. The third-order valence-corrected chi connectivity index (χ3v) is 5.39. The van der Waals surface area contributed by atoms with Gasteiger partial charge in [0, 0.05) is 0 Å². The summed E-state index contributed by atoms with van der Waals surface area (Å²) in [7, 11) is 0. The molecule has 0 aromatic heterocycles. The predicted molar refractivity (Wildman–Crippen MR) is 114 cm³/mol. The van der Waals surface area contributed by atoms with Crippen molar-refractivity contribution in [2.24, 2.45) is 0 Å². The highest BCUT2D eigenvalue weighted by molar-refractivity contribution is 6.23. The molecule has 0 atom stereocenters. The number of hydrogen-bond donors (Lipinski definition) is 0. The van der Waals surface area contributed by atoms with Gasteiger partial charge in [-0.2, -0.15) is 0 Å². The summed E-state index contributed by atoms with van der Waals surface area (Å²) in [6, 6.07) is 18.1. The summed E-state index contributed by atoms with van der Waals surface area (Å²) in [6.07, 6.45) is 3.57. The zero-order valence-electron chi connectivity index (χ0n) is 16.4. The lowest BCUT2D eigenvalue weighted by Crippen LogP contribution is -2.10. The summed E-state index contributed by atoms with van der Waals surface area (Å²) >= 11 is 0. The van der Waals surface area contributed by atoms with E-state index in [4.69, 9.17) is 4.74 Å². The highest BCUT2D eigenvalue weighted by atomic mass is 16.5. The lowest BCUT2D eigenvalue weighted by Gasteiger charge is -2.21. The van der Waals surface area contributed by atoms with Gasteiger partial charge >= 0.3 is 0 Å². The van der Waals surface area contributed by atoms with Crippen molar-refractivity contribution < 1.29 is 4.74 Å². The van der Waals surface area contributed by atoms with Gasteiger partial charge in [-0.25, -0.2) is 0 Å². The predicted octanol–water partition coefficient (Wildman–Crippen LogP) is 7.45. The molecule has 0 heterocycles. The van der Waals surface area contributed by atoms with Gasteiger partial charge in [0.25, 0.3) is 0 Å². The van der Waals surface area contributed by atoms with E-state index in [1.165, 1.54) is 50.7 Å². The third-order valence-electron chi connectivity index (χ3n) is 5.39. The van der Waals surface area contributed by atoms with Crippen LogP contribution in [0.3, 0.4) is 0 Å². The van der Waals surface area contributed by atoms with Crippen LogP contribution in [0.4, 0.5) is 0 Å². The van der Waals surface area contributed by atoms with Crippen molar-refractivity contribution >= 4 is 32.3 Å². The first kappa shape index (κ1) is 17.1. The minimum absolute atomic E-state index is 0.157. The molecule has 4 aromatic rings. The molecular formula is C25H28O. The summed E-state index contributed by atoms with van der Waals surface area (Å²) in [6.45, 7) is 9.86. The lowest BCUT2D eigenvalue weighted by molar-refractivity contribution is 0.307. The fourth-order valence-electron chi connectivity index (χ4n) is 3.87. The van der Waals surface area contributed by atoms with Gasteiger partial charge in [0.1, 0.15) is 5.75 Å². The van der Waals surface area contributed by atoms with Crippen molar-refractivity contribution in [3.05, 3.63) is 54.1 Å². The average Bonchev–Trinajstić information content (AvgIpc) is 2.62. The van der Waals surface area contributed by atoms with Crippen molar-refractivity contribution in [3.8, 4) is 5.75 Å². The lowest BCUT2D eigenvalue weighted by atomic mass is 9.83. The van der Waals surface area contributed by atoms with E-state index in [2.05, 4.69) is 76.2 Å². The van der Waals surface area contributed by atoms with Crippen LogP contribution in [0.25, 0.3) is 32.3 Å². The normalized spacial score (nSPS) is 12.5. The summed E-state index contributed by atoms with van der Waals surface area (Å²) in [5.41, 5.74) is 1.55. The molecule has 0 amide bonds. The SMILES string of the molecule is CCCCCOc1cc2ccc3cc(C(C)(C)C)cc4ccc(c1)c2c34. The molecular weight excluding hydrogens is 316 g/mol. The Bertz CT molecular complexity index is 986. The molecule has 0 spiro atoms. The van der Waals surface area contributed by atoms with E-state index in [0.717, 1.165) is 18.8 Å². The van der Waals surface area contributed by atoms with Gasteiger partial charge in [-0.1, -0.05) is 76.9 Å². The molecule has 0 aliphatic heterocycles. The van der Waals surface area contributed by atoms with Gasteiger partial charge in [0.15, 0.2) is 0 Å². The second-order valence-corrected chi connectivity index (χ2v) is 8.48. The van der Waals surface area contributed by atoms with E-state index in [1.807, 2.05) is 0 Å². The summed E-state index contributed by atoms with van der Waals surface area (Å²) in [4.78, 5) is 0. The van der Waals surface area contributed by atoms with Crippen LogP contribution in [0.2, 0.25) is 0 Å². The fourth-order valence-corrected chi connectivity index (χ4v) is 3.87. The van der Waals surface area contributed by atoms with Crippen LogP contribution in [0.1, 0.15) is 52.5 Å². The molecule has 4 rings (SSSR count). The highest BCUT2D eigenvalue weighted by Crippen LogP contribution is 2.39. The molecule has 26 heavy (non-hydrogen) atoms. The Morgan fingerprint density at radius 2 is 1.23 bits per heavy atom. The van der Waals surface area contributed by atoms with Crippen molar-refractivity contribution in [1.82, 2.24) is 0 Å². The Balaban J connectivity index is 1.84. The molecule has 4 aromatic carbocycles. The molecule has 0 saturated heterocycles. The van der Waals surface area contributed by atoms with E-state index in [-0.39, 0.29) is 5.41 Å². The smallest absolute Gasteiger partial charge is 0.120 e. The molecule has 0 bridgehead atoms. The molecule has 0 fully saturated rings. The van der Waals surface area contributed by atoms with Crippen LogP contribution < -0.4 is 4.74 Å². The Morgan fingerprint density at radius 1 is 0.731 bits per heavy atom. The van der Waals surface area contributed by atoms with Crippen molar-refractivity contribution in [1.29, 1.82) is 0 Å². The Kier molecular flexibility index (Phi) is 4.26. The van der Waals surface area contributed by atoms with Crippen molar-refractivity contribution in [2.45, 2.75) is 52.4 Å². The van der Waals surface area contributed by atoms with Gasteiger partial charge in [-0.05, 0) is 61.8 Å². The van der Waals surface area contributed by atoms with Crippen molar-refractivity contribution in [3.63, 3.8) is 0 Å². The first-order valence-corrected chi connectivity index (χ1v) is 9.83. The Morgan fingerprint density at radius 3 is 1.69 bits per heavy atom. The van der Waals surface area contributed by atoms with E-state index >= 15 is 0 Å². The van der Waals surface area contributed by atoms with E-state index in [0.29, 0.717) is 0 Å². The standard InChI is InChI=1S/C25H28O/c1-5-6-7-12-26-22-15-19-10-8-17-13-21(25(2,3)4)14-18-9-11-20(16-22)24(19)23(17)18/h8-11,13-16H,5-7,12H2,1-4H3. The summed E-state index contributed by atoms with van der Waals surface area (Å²) in [5, 5.41) is 7.96. The van der Waals surface area contributed by atoms with Gasteiger partial charge in [-0.3, -0.25) is 0 Å². The first-order valence-electron chi connectivity index (χ1n) is 9.83. The monoisotopic (exact) mass is 344 g/mol. The molecule has 0 aliphatic rings. The number of benzene rings is 4. The van der Waals surface area contributed by atoms with Crippen molar-refractivity contribution in [2.75, 3.05) is 6.61 Å². The van der Waals surface area contributed by atoms with Crippen LogP contribution >= 0.6 is 0 Å². The first-order chi connectivity index (χ1) is 12.5. The Hall–Kier alpha value is -2.28. The maximum atomic E-state index is 6.02. The fraction of sp³-hybridized carbons (Fsp3) is 0.360. The maximum absolute atomic E-state index is 6.02. The average molecular weight is 344 g/mol. The van der Waals surface area contributed by atoms with Crippen LogP contribution in [0.5, 0.6) is 5.75 Å². The zero-order chi connectivity index (χ0) is 18.3. The largest absolute Gasteiger partial charge is 0.494 e. The summed E-state index contributed by atoms with van der Waals surface area (Å²) in [5.74, 6) is 0.988. The maximum Gasteiger partial charge on any atom is 0.120 e. The van der Waals surface area contributed by atoms with E-state index in [1.54, 1.807) is 0 Å². The topological polar surface area (TPSA) is 9.23 Å². The van der Waals surface area contributed by atoms with E-state index in [9.17, 15) is 0 Å². The van der Waals surface area contributed by atoms with E-state index < -0.39 is 0 Å². The van der Waals surface area contributed by atoms with Crippen LogP contribution in [-0.2, 0) is 5.41 Å². The van der Waals surface area contributed by atoms with Crippen LogP contribution in [-0.4, -0.2) is 6.61 Å². The molecule has 0 N–H and O–H groups in total. The molecule has 0 aliphatic carbocycles. The second kappa shape index (κ2) is 6.46. The van der Waals surface area contributed by atoms with Gasteiger partial charge in [0.05, 0.1) is 6.61 Å². The number of ether oxygens (including phenoxy) is 1. The summed E-state index contributed by atoms with van der Waals surface area (Å²) < 4.78 is 6.02. The molecule has 0 radical (unpaired) electrons. The molecule has 0 unspecified atom stereocenters. The third kappa shape index (κ3) is 3.00. The molecule has 134 valence electrons.